The number of rotatable bonds is 2. The summed E-state index contributed by atoms with van der Waals surface area (Å²) in [6.45, 7) is 0. The van der Waals surface area contributed by atoms with Gasteiger partial charge in [0.05, 0.1) is 5.92 Å². The normalized spacial score (nSPS) is 27.6. The Morgan fingerprint density at radius 1 is 1.25 bits per heavy atom. The number of para-hydroxylation sites is 1. The number of carbonyl (C=O) groups is 2. The number of carboxylic acids is 1. The molecule has 5 nitrogen and oxygen atoms in total. The lowest BCUT2D eigenvalue weighted by molar-refractivity contribution is -0.142. The van der Waals surface area contributed by atoms with Crippen LogP contribution < -0.4 is 4.90 Å². The van der Waals surface area contributed by atoms with Gasteiger partial charge in [0.2, 0.25) is 0 Å². The van der Waals surface area contributed by atoms with E-state index in [2.05, 4.69) is 0 Å². The molecule has 1 aromatic rings. The molecule has 0 spiro atoms. The number of hydrogen-bond acceptors (Lipinski definition) is 2. The van der Waals surface area contributed by atoms with Gasteiger partial charge in [-0.15, -0.1) is 0 Å². The maximum Gasteiger partial charge on any atom is 0.324 e. The molecule has 2 amide bonds. The molecule has 0 saturated carbocycles. The summed E-state index contributed by atoms with van der Waals surface area (Å²) in [5.41, 5.74) is 0.829. The van der Waals surface area contributed by atoms with E-state index in [1.165, 1.54) is 0 Å². The van der Waals surface area contributed by atoms with Gasteiger partial charge in [-0.25, -0.2) is 4.79 Å². The fraction of sp³-hybridized carbons (Fsp3) is 0.467. The smallest absolute Gasteiger partial charge is 0.324 e. The number of amides is 2. The number of anilines is 1. The van der Waals surface area contributed by atoms with E-state index in [1.54, 1.807) is 16.8 Å². The Balaban J connectivity index is 1.80. The molecule has 2 fully saturated rings. The van der Waals surface area contributed by atoms with Crippen LogP contribution in [-0.4, -0.2) is 41.1 Å². The minimum atomic E-state index is -0.780. The topological polar surface area (TPSA) is 60.9 Å². The van der Waals surface area contributed by atoms with Crippen LogP contribution >= 0.6 is 0 Å². The molecule has 1 aromatic carbocycles. The molecule has 2 bridgehead atoms. The Morgan fingerprint density at radius 3 is 2.55 bits per heavy atom. The standard InChI is InChI=1S/C15H18N2O3/c1-16(10-5-3-2-4-6-10)15(20)17-11-7-8-13(17)12(9-11)14(18)19/h2-6,11-13H,7-9H2,1H3,(H,18,19). The summed E-state index contributed by atoms with van der Waals surface area (Å²) < 4.78 is 0. The SMILES string of the molecule is CN(C(=O)N1C2CCC1C(C(=O)O)C2)c1ccccc1. The average Bonchev–Trinajstić information content (AvgIpc) is 3.04. The van der Waals surface area contributed by atoms with E-state index in [-0.39, 0.29) is 18.1 Å². The maximum atomic E-state index is 12.6. The predicted octanol–water partition coefficient (Wildman–Crippen LogP) is 2.18. The average molecular weight is 274 g/mol. The molecule has 2 aliphatic heterocycles. The van der Waals surface area contributed by atoms with E-state index in [1.807, 2.05) is 30.3 Å². The first-order chi connectivity index (χ1) is 9.59. The highest BCUT2D eigenvalue weighted by molar-refractivity contribution is 5.93. The van der Waals surface area contributed by atoms with Crippen molar-refractivity contribution >= 4 is 17.7 Å². The minimum Gasteiger partial charge on any atom is -0.481 e. The third-order valence-corrected chi connectivity index (χ3v) is 4.51. The molecule has 3 rings (SSSR count). The Morgan fingerprint density at radius 2 is 1.95 bits per heavy atom. The second kappa shape index (κ2) is 4.81. The zero-order valence-corrected chi connectivity index (χ0v) is 11.4. The van der Waals surface area contributed by atoms with Crippen LogP contribution in [-0.2, 0) is 4.79 Å². The summed E-state index contributed by atoms with van der Waals surface area (Å²) >= 11 is 0. The van der Waals surface area contributed by atoms with Gasteiger partial charge >= 0.3 is 12.0 Å². The van der Waals surface area contributed by atoms with Crippen molar-refractivity contribution in [2.45, 2.75) is 31.3 Å². The van der Waals surface area contributed by atoms with Crippen LogP contribution in [0.15, 0.2) is 30.3 Å². The van der Waals surface area contributed by atoms with Crippen LogP contribution in [0.2, 0.25) is 0 Å². The summed E-state index contributed by atoms with van der Waals surface area (Å²) in [5, 5.41) is 9.24. The van der Waals surface area contributed by atoms with Crippen molar-refractivity contribution in [2.75, 3.05) is 11.9 Å². The largest absolute Gasteiger partial charge is 0.481 e. The summed E-state index contributed by atoms with van der Waals surface area (Å²) in [4.78, 5) is 27.3. The van der Waals surface area contributed by atoms with Crippen molar-refractivity contribution in [2.24, 2.45) is 5.92 Å². The van der Waals surface area contributed by atoms with Crippen molar-refractivity contribution in [3.63, 3.8) is 0 Å². The van der Waals surface area contributed by atoms with Crippen molar-refractivity contribution in [1.82, 2.24) is 4.90 Å². The second-order valence-corrected chi connectivity index (χ2v) is 5.56. The minimum absolute atomic E-state index is 0.0831. The van der Waals surface area contributed by atoms with Crippen LogP contribution in [0.4, 0.5) is 10.5 Å². The molecule has 2 heterocycles. The summed E-state index contributed by atoms with van der Waals surface area (Å²) in [6.07, 6.45) is 2.31. The Hall–Kier alpha value is -2.04. The van der Waals surface area contributed by atoms with E-state index in [9.17, 15) is 14.7 Å². The van der Waals surface area contributed by atoms with Gasteiger partial charge in [0.15, 0.2) is 0 Å². The molecule has 3 unspecified atom stereocenters. The molecule has 2 saturated heterocycles. The summed E-state index contributed by atoms with van der Waals surface area (Å²) in [5.74, 6) is -1.18. The van der Waals surface area contributed by atoms with Crippen molar-refractivity contribution in [3.05, 3.63) is 30.3 Å². The van der Waals surface area contributed by atoms with E-state index < -0.39 is 11.9 Å². The molecule has 106 valence electrons. The van der Waals surface area contributed by atoms with E-state index in [0.717, 1.165) is 18.5 Å². The van der Waals surface area contributed by atoms with Crippen LogP contribution in [0.1, 0.15) is 19.3 Å². The Kier molecular flexibility index (Phi) is 3.12. The van der Waals surface area contributed by atoms with Gasteiger partial charge in [-0.3, -0.25) is 9.69 Å². The van der Waals surface area contributed by atoms with Gasteiger partial charge in [0.25, 0.3) is 0 Å². The van der Waals surface area contributed by atoms with Crippen LogP contribution in [0, 0.1) is 5.92 Å². The highest BCUT2D eigenvalue weighted by Gasteiger charge is 2.52. The number of carbonyl (C=O) groups excluding carboxylic acids is 1. The third kappa shape index (κ3) is 1.94. The number of carboxylic acid groups (broad SMARTS) is 1. The third-order valence-electron chi connectivity index (χ3n) is 4.51. The van der Waals surface area contributed by atoms with E-state index in [0.29, 0.717) is 6.42 Å². The lowest BCUT2D eigenvalue weighted by Crippen LogP contribution is -2.45. The maximum absolute atomic E-state index is 12.6. The fourth-order valence-corrected chi connectivity index (χ4v) is 3.49. The van der Waals surface area contributed by atoms with Gasteiger partial charge < -0.3 is 10.0 Å². The number of urea groups is 1. The van der Waals surface area contributed by atoms with Crippen molar-refractivity contribution in [1.29, 1.82) is 0 Å². The zero-order valence-electron chi connectivity index (χ0n) is 11.4. The van der Waals surface area contributed by atoms with Gasteiger partial charge in [-0.2, -0.15) is 0 Å². The van der Waals surface area contributed by atoms with E-state index in [4.69, 9.17) is 0 Å². The first kappa shape index (κ1) is 13.0. The number of hydrogen-bond donors (Lipinski definition) is 1. The summed E-state index contributed by atoms with van der Waals surface area (Å²) in [6, 6.07) is 9.29. The lowest BCUT2D eigenvalue weighted by atomic mass is 9.89. The van der Waals surface area contributed by atoms with Gasteiger partial charge in [-0.05, 0) is 31.4 Å². The molecule has 1 N–H and O–H groups in total. The molecule has 5 heteroatoms. The van der Waals surface area contributed by atoms with Gasteiger partial charge in [0, 0.05) is 24.8 Å². The first-order valence-electron chi connectivity index (χ1n) is 6.93. The monoisotopic (exact) mass is 274 g/mol. The highest BCUT2D eigenvalue weighted by Crippen LogP contribution is 2.42. The van der Waals surface area contributed by atoms with Crippen molar-refractivity contribution in [3.8, 4) is 0 Å². The molecule has 0 aliphatic carbocycles. The Labute approximate surface area is 117 Å². The number of benzene rings is 1. The van der Waals surface area contributed by atoms with Gasteiger partial charge in [-0.1, -0.05) is 18.2 Å². The van der Waals surface area contributed by atoms with Crippen LogP contribution in [0.3, 0.4) is 0 Å². The fourth-order valence-electron chi connectivity index (χ4n) is 3.49. The summed E-state index contributed by atoms with van der Waals surface area (Å²) in [7, 11) is 1.74. The van der Waals surface area contributed by atoms with Crippen LogP contribution in [0.25, 0.3) is 0 Å². The van der Waals surface area contributed by atoms with E-state index >= 15 is 0 Å². The molecular weight excluding hydrogens is 256 g/mol. The number of aliphatic carboxylic acids is 1. The number of fused-ring (bicyclic) bond motifs is 2. The lowest BCUT2D eigenvalue weighted by Gasteiger charge is -2.28. The number of nitrogens with zero attached hydrogens (tertiary/aromatic N) is 2. The molecule has 3 atom stereocenters. The molecule has 2 aliphatic rings. The Bertz CT molecular complexity index is 531. The first-order valence-corrected chi connectivity index (χ1v) is 6.93. The molecule has 20 heavy (non-hydrogen) atoms. The second-order valence-electron chi connectivity index (χ2n) is 5.56. The zero-order chi connectivity index (χ0) is 14.3. The quantitative estimate of drug-likeness (QED) is 0.899. The highest BCUT2D eigenvalue weighted by atomic mass is 16.4. The van der Waals surface area contributed by atoms with Crippen molar-refractivity contribution < 1.29 is 14.7 Å². The predicted molar refractivity (Wildman–Crippen MR) is 74.6 cm³/mol. The van der Waals surface area contributed by atoms with Crippen LogP contribution in [0.5, 0.6) is 0 Å². The molecule has 0 aromatic heterocycles. The molecular formula is C15H18N2O3. The molecule has 0 radical (unpaired) electrons. The van der Waals surface area contributed by atoms with Gasteiger partial charge in [0.1, 0.15) is 0 Å².